The van der Waals surface area contributed by atoms with Gasteiger partial charge in [0.1, 0.15) is 18.1 Å². The van der Waals surface area contributed by atoms with Gasteiger partial charge in [-0.15, -0.1) is 0 Å². The number of rotatable bonds is 14. The number of hydrogen-bond donors (Lipinski definition) is 8. The number of carboxylic acid groups (broad SMARTS) is 3. The van der Waals surface area contributed by atoms with Crippen molar-refractivity contribution in [2.75, 3.05) is 13.1 Å². The summed E-state index contributed by atoms with van der Waals surface area (Å²) in [7, 11) is 0. The second-order valence-corrected chi connectivity index (χ2v) is 7.90. The van der Waals surface area contributed by atoms with Crippen LogP contribution in [0.4, 0.5) is 0 Å². The fraction of sp³-hybridized carbons (Fsp3) is 0.632. The Balaban J connectivity index is 2.91. The standard InChI is InChI=1S/C19H31N7O9/c20-9(7-13(27)28)15(31)25-11(8-14(29)30)17(33)26-6-2-4-12(26)16(32)24-10(18(34)35)3-1-5-23-19(21)22/h9-12H,1-8,20H2,(H,24,32)(H,25,31)(H,27,28)(H,29,30)(H,34,35)(H4,21,22,23). The van der Waals surface area contributed by atoms with Gasteiger partial charge >= 0.3 is 17.9 Å². The lowest BCUT2D eigenvalue weighted by molar-refractivity contribution is -0.147. The largest absolute Gasteiger partial charge is 0.481 e. The number of likely N-dealkylation sites (tertiary alicyclic amines) is 1. The summed E-state index contributed by atoms with van der Waals surface area (Å²) in [6.07, 6.45) is -0.752. The van der Waals surface area contributed by atoms with Crippen molar-refractivity contribution in [1.29, 1.82) is 0 Å². The summed E-state index contributed by atoms with van der Waals surface area (Å²) in [4.78, 5) is 76.3. The van der Waals surface area contributed by atoms with Gasteiger partial charge in [-0.3, -0.25) is 29.0 Å². The number of guanidine groups is 1. The molecule has 0 aliphatic carbocycles. The molecule has 0 bridgehead atoms. The van der Waals surface area contributed by atoms with Crippen molar-refractivity contribution in [1.82, 2.24) is 15.5 Å². The van der Waals surface area contributed by atoms with E-state index in [1.807, 2.05) is 0 Å². The average Bonchev–Trinajstić information content (AvgIpc) is 3.23. The smallest absolute Gasteiger partial charge is 0.326 e. The lowest BCUT2D eigenvalue weighted by Crippen LogP contribution is -2.57. The van der Waals surface area contributed by atoms with Crippen LogP contribution >= 0.6 is 0 Å². The first-order valence-corrected chi connectivity index (χ1v) is 10.7. The van der Waals surface area contributed by atoms with Crippen LogP contribution in [0.25, 0.3) is 0 Å². The zero-order valence-electron chi connectivity index (χ0n) is 18.9. The van der Waals surface area contributed by atoms with Crippen molar-refractivity contribution in [3.8, 4) is 0 Å². The molecule has 1 aliphatic rings. The van der Waals surface area contributed by atoms with Crippen LogP contribution in [0, 0.1) is 0 Å². The summed E-state index contributed by atoms with van der Waals surface area (Å²) in [5.41, 5.74) is 15.9. The molecule has 1 fully saturated rings. The summed E-state index contributed by atoms with van der Waals surface area (Å²) in [5, 5.41) is 31.8. The Morgan fingerprint density at radius 1 is 0.971 bits per heavy atom. The Bertz CT molecular complexity index is 860. The molecule has 3 amide bonds. The second kappa shape index (κ2) is 13.7. The van der Waals surface area contributed by atoms with E-state index in [1.165, 1.54) is 0 Å². The lowest BCUT2D eigenvalue weighted by atomic mass is 10.1. The third kappa shape index (κ3) is 9.83. The molecule has 16 heteroatoms. The minimum absolute atomic E-state index is 0.0116. The molecule has 16 nitrogen and oxygen atoms in total. The van der Waals surface area contributed by atoms with E-state index in [2.05, 4.69) is 15.6 Å². The first-order valence-electron chi connectivity index (χ1n) is 10.7. The lowest BCUT2D eigenvalue weighted by Gasteiger charge is -2.29. The van der Waals surface area contributed by atoms with Gasteiger partial charge in [0.15, 0.2) is 5.96 Å². The fourth-order valence-corrected chi connectivity index (χ4v) is 3.47. The molecule has 0 aromatic carbocycles. The molecule has 0 radical (unpaired) electrons. The van der Waals surface area contributed by atoms with Crippen LogP contribution in [0.15, 0.2) is 4.99 Å². The maximum atomic E-state index is 13.0. The molecule has 196 valence electrons. The minimum atomic E-state index is -1.61. The van der Waals surface area contributed by atoms with E-state index >= 15 is 0 Å². The molecular weight excluding hydrogens is 470 g/mol. The van der Waals surface area contributed by atoms with E-state index in [-0.39, 0.29) is 38.3 Å². The average molecular weight is 501 g/mol. The predicted molar refractivity (Wildman–Crippen MR) is 119 cm³/mol. The van der Waals surface area contributed by atoms with Gasteiger partial charge in [-0.1, -0.05) is 0 Å². The Labute approximate surface area is 199 Å². The number of carbonyl (C=O) groups excluding carboxylic acids is 3. The highest BCUT2D eigenvalue weighted by Crippen LogP contribution is 2.20. The highest BCUT2D eigenvalue weighted by molar-refractivity contribution is 5.96. The van der Waals surface area contributed by atoms with Crippen LogP contribution in [0.5, 0.6) is 0 Å². The van der Waals surface area contributed by atoms with Gasteiger partial charge in [0.05, 0.1) is 18.9 Å². The van der Waals surface area contributed by atoms with E-state index < -0.39 is 72.6 Å². The van der Waals surface area contributed by atoms with E-state index in [0.29, 0.717) is 6.42 Å². The van der Waals surface area contributed by atoms with Crippen molar-refractivity contribution < 1.29 is 44.1 Å². The number of carboxylic acids is 3. The highest BCUT2D eigenvalue weighted by atomic mass is 16.4. The quantitative estimate of drug-likeness (QED) is 0.0650. The predicted octanol–water partition coefficient (Wildman–Crippen LogP) is -3.64. The van der Waals surface area contributed by atoms with Crippen molar-refractivity contribution in [3.05, 3.63) is 0 Å². The molecule has 35 heavy (non-hydrogen) atoms. The zero-order valence-corrected chi connectivity index (χ0v) is 18.9. The molecule has 0 spiro atoms. The van der Waals surface area contributed by atoms with Crippen molar-refractivity contribution in [3.63, 3.8) is 0 Å². The molecule has 4 unspecified atom stereocenters. The monoisotopic (exact) mass is 501 g/mol. The van der Waals surface area contributed by atoms with Crippen LogP contribution in [-0.4, -0.2) is 99.1 Å². The molecule has 1 rings (SSSR count). The maximum Gasteiger partial charge on any atom is 0.326 e. The van der Waals surface area contributed by atoms with E-state index in [9.17, 15) is 33.9 Å². The highest BCUT2D eigenvalue weighted by Gasteiger charge is 2.39. The molecule has 11 N–H and O–H groups in total. The van der Waals surface area contributed by atoms with Crippen molar-refractivity contribution in [2.24, 2.45) is 22.2 Å². The van der Waals surface area contributed by atoms with Gasteiger partial charge in [-0.2, -0.15) is 0 Å². The number of aliphatic imine (C=N–C) groups is 1. The van der Waals surface area contributed by atoms with E-state index in [1.54, 1.807) is 0 Å². The minimum Gasteiger partial charge on any atom is -0.481 e. The third-order valence-electron chi connectivity index (χ3n) is 5.12. The SMILES string of the molecule is NC(N)=NCCCC(NC(=O)C1CCCN1C(=O)C(CC(=O)O)NC(=O)C(N)CC(=O)O)C(=O)O. The summed E-state index contributed by atoms with van der Waals surface area (Å²) >= 11 is 0. The molecule has 1 aliphatic heterocycles. The molecule has 0 aromatic heterocycles. The summed E-state index contributed by atoms with van der Waals surface area (Å²) in [6.45, 7) is 0.211. The number of hydrogen-bond acceptors (Lipinski definition) is 8. The molecule has 0 aromatic rings. The van der Waals surface area contributed by atoms with Crippen LogP contribution in [0.1, 0.15) is 38.5 Å². The van der Waals surface area contributed by atoms with Gasteiger partial charge in [-0.05, 0) is 25.7 Å². The summed E-state index contributed by atoms with van der Waals surface area (Å²) < 4.78 is 0. The van der Waals surface area contributed by atoms with E-state index in [0.717, 1.165) is 4.90 Å². The number of nitrogens with two attached hydrogens (primary N) is 3. The first kappa shape index (κ1) is 29.1. The van der Waals surface area contributed by atoms with Crippen LogP contribution < -0.4 is 27.8 Å². The molecule has 1 saturated heterocycles. The van der Waals surface area contributed by atoms with Crippen molar-refractivity contribution >= 4 is 41.6 Å². The third-order valence-corrected chi connectivity index (χ3v) is 5.12. The van der Waals surface area contributed by atoms with Crippen molar-refractivity contribution in [2.45, 2.75) is 62.7 Å². The van der Waals surface area contributed by atoms with E-state index in [4.69, 9.17) is 27.4 Å². The maximum absolute atomic E-state index is 13.0. The molecule has 1 heterocycles. The molecule has 0 saturated carbocycles. The van der Waals surface area contributed by atoms with Gasteiger partial charge < -0.3 is 48.1 Å². The Kier molecular flexibility index (Phi) is 11.4. The van der Waals surface area contributed by atoms with Gasteiger partial charge in [0.25, 0.3) is 0 Å². The number of aliphatic carboxylic acids is 3. The number of nitrogens with zero attached hydrogens (tertiary/aromatic N) is 2. The van der Waals surface area contributed by atoms with Crippen LogP contribution in [0.3, 0.4) is 0 Å². The number of carbonyl (C=O) groups is 6. The summed E-state index contributed by atoms with van der Waals surface area (Å²) in [6, 6.07) is -5.51. The van der Waals surface area contributed by atoms with Gasteiger partial charge in [0, 0.05) is 13.1 Å². The second-order valence-electron chi connectivity index (χ2n) is 7.90. The normalized spacial score (nSPS) is 17.5. The van der Waals surface area contributed by atoms with Crippen LogP contribution in [0.2, 0.25) is 0 Å². The number of nitrogens with one attached hydrogen (secondary N) is 2. The molecular formula is C19H31N7O9. The number of amides is 3. The van der Waals surface area contributed by atoms with Crippen LogP contribution in [-0.2, 0) is 28.8 Å². The first-order chi connectivity index (χ1) is 16.3. The fourth-order valence-electron chi connectivity index (χ4n) is 3.47. The topological polar surface area (TPSA) is 281 Å². The van der Waals surface area contributed by atoms with Gasteiger partial charge in [-0.25, -0.2) is 4.79 Å². The Morgan fingerprint density at radius 2 is 1.60 bits per heavy atom. The van der Waals surface area contributed by atoms with Gasteiger partial charge in [0.2, 0.25) is 17.7 Å². The summed E-state index contributed by atoms with van der Waals surface area (Å²) in [5.74, 6) is -6.94. The Hall–Kier alpha value is -3.95. The Morgan fingerprint density at radius 3 is 2.14 bits per heavy atom. The zero-order chi connectivity index (χ0) is 26.7. The molecule has 4 atom stereocenters.